The van der Waals surface area contributed by atoms with Gasteiger partial charge in [0.1, 0.15) is 0 Å². The second kappa shape index (κ2) is 4.55. The second-order valence-corrected chi connectivity index (χ2v) is 8.29. The molecule has 0 saturated carbocycles. The van der Waals surface area contributed by atoms with E-state index in [4.69, 9.17) is 0 Å². The van der Waals surface area contributed by atoms with Gasteiger partial charge in [-0.05, 0) is 76.3 Å². The summed E-state index contributed by atoms with van der Waals surface area (Å²) in [6, 6.07) is 0. The number of hydrogen-bond acceptors (Lipinski definition) is 2. The fraction of sp³-hybridized carbons (Fsp3) is 1.00. The standard InChI is InChI=1S/C15H34N2/c1-12(2,3)16-14(7,8)15(9,10)17(11)13(4,5)6/h16H,1-11H3. The molecular weight excluding hydrogens is 208 g/mol. The lowest BCUT2D eigenvalue weighted by molar-refractivity contribution is -0.0120. The number of likely N-dealkylation sites (N-methyl/N-ethyl adjacent to an activating group) is 1. The lowest BCUT2D eigenvalue weighted by atomic mass is 9.77. The van der Waals surface area contributed by atoms with Gasteiger partial charge in [-0.1, -0.05) is 0 Å². The Bertz CT molecular complexity index is 251. The average molecular weight is 242 g/mol. The molecule has 104 valence electrons. The van der Waals surface area contributed by atoms with Gasteiger partial charge in [0, 0.05) is 22.2 Å². The van der Waals surface area contributed by atoms with Gasteiger partial charge in [-0.2, -0.15) is 0 Å². The summed E-state index contributed by atoms with van der Waals surface area (Å²) in [6.45, 7) is 22.7. The SMILES string of the molecule is CN(C(C)(C)C)C(C)(C)C(C)(C)NC(C)(C)C. The molecule has 0 aliphatic heterocycles. The van der Waals surface area contributed by atoms with Crippen molar-refractivity contribution in [3.63, 3.8) is 0 Å². The van der Waals surface area contributed by atoms with E-state index in [-0.39, 0.29) is 22.2 Å². The molecule has 1 N–H and O–H groups in total. The smallest absolute Gasteiger partial charge is 0.0331 e. The maximum Gasteiger partial charge on any atom is 0.0331 e. The van der Waals surface area contributed by atoms with Crippen LogP contribution in [-0.2, 0) is 0 Å². The first kappa shape index (κ1) is 16.9. The molecule has 0 aliphatic rings. The van der Waals surface area contributed by atoms with E-state index in [2.05, 4.69) is 86.5 Å². The molecule has 0 fully saturated rings. The van der Waals surface area contributed by atoms with E-state index in [1.165, 1.54) is 0 Å². The summed E-state index contributed by atoms with van der Waals surface area (Å²) in [5.41, 5.74) is 0.394. The minimum absolute atomic E-state index is 0.0350. The highest BCUT2D eigenvalue weighted by Gasteiger charge is 2.44. The van der Waals surface area contributed by atoms with Crippen molar-refractivity contribution in [1.82, 2.24) is 10.2 Å². The van der Waals surface area contributed by atoms with Crippen LogP contribution in [0.25, 0.3) is 0 Å². The van der Waals surface area contributed by atoms with Gasteiger partial charge < -0.3 is 5.32 Å². The molecular formula is C15H34N2. The van der Waals surface area contributed by atoms with Crippen LogP contribution in [0.1, 0.15) is 69.2 Å². The Balaban J connectivity index is 5.16. The highest BCUT2D eigenvalue weighted by Crippen LogP contribution is 2.33. The van der Waals surface area contributed by atoms with E-state index in [9.17, 15) is 0 Å². The summed E-state index contributed by atoms with van der Waals surface area (Å²) in [7, 11) is 2.21. The normalized spacial score (nSPS) is 15.5. The van der Waals surface area contributed by atoms with Crippen molar-refractivity contribution < 1.29 is 0 Å². The van der Waals surface area contributed by atoms with Crippen LogP contribution < -0.4 is 5.32 Å². The maximum atomic E-state index is 3.75. The van der Waals surface area contributed by atoms with Crippen LogP contribution in [0, 0.1) is 0 Å². The molecule has 0 aromatic heterocycles. The van der Waals surface area contributed by atoms with Crippen molar-refractivity contribution in [3.05, 3.63) is 0 Å². The van der Waals surface area contributed by atoms with Gasteiger partial charge in [0.2, 0.25) is 0 Å². The van der Waals surface area contributed by atoms with Gasteiger partial charge in [-0.25, -0.2) is 0 Å². The van der Waals surface area contributed by atoms with Gasteiger partial charge in [0.15, 0.2) is 0 Å². The van der Waals surface area contributed by atoms with Crippen LogP contribution >= 0.6 is 0 Å². The lowest BCUT2D eigenvalue weighted by Gasteiger charge is -2.55. The molecule has 0 saturated heterocycles. The molecule has 0 radical (unpaired) electrons. The molecule has 2 nitrogen and oxygen atoms in total. The zero-order chi connectivity index (χ0) is 14.3. The van der Waals surface area contributed by atoms with Gasteiger partial charge in [-0.3, -0.25) is 4.90 Å². The second-order valence-electron chi connectivity index (χ2n) is 8.29. The fourth-order valence-corrected chi connectivity index (χ4v) is 2.35. The highest BCUT2D eigenvalue weighted by atomic mass is 15.3. The quantitative estimate of drug-likeness (QED) is 0.812. The van der Waals surface area contributed by atoms with E-state index in [0.717, 1.165) is 0 Å². The third-order valence-corrected chi connectivity index (χ3v) is 4.06. The van der Waals surface area contributed by atoms with E-state index < -0.39 is 0 Å². The van der Waals surface area contributed by atoms with Crippen LogP contribution in [0.4, 0.5) is 0 Å². The van der Waals surface area contributed by atoms with Gasteiger partial charge in [-0.15, -0.1) is 0 Å². The highest BCUT2D eigenvalue weighted by molar-refractivity contribution is 5.05. The summed E-state index contributed by atoms with van der Waals surface area (Å²) < 4.78 is 0. The van der Waals surface area contributed by atoms with Crippen LogP contribution in [0.5, 0.6) is 0 Å². The van der Waals surface area contributed by atoms with E-state index >= 15 is 0 Å². The molecule has 0 atom stereocenters. The molecule has 0 unspecified atom stereocenters. The van der Waals surface area contributed by atoms with Gasteiger partial charge >= 0.3 is 0 Å². The third kappa shape index (κ3) is 4.26. The van der Waals surface area contributed by atoms with E-state index in [1.807, 2.05) is 0 Å². The summed E-state index contributed by atoms with van der Waals surface area (Å²) in [6.07, 6.45) is 0. The lowest BCUT2D eigenvalue weighted by Crippen LogP contribution is -2.69. The summed E-state index contributed by atoms with van der Waals surface area (Å²) in [5, 5.41) is 3.75. The Morgan fingerprint density at radius 2 is 1.06 bits per heavy atom. The van der Waals surface area contributed by atoms with Crippen molar-refractivity contribution in [2.75, 3.05) is 7.05 Å². The first-order valence-electron chi connectivity index (χ1n) is 6.64. The first-order chi connectivity index (χ1) is 7.11. The zero-order valence-corrected chi connectivity index (χ0v) is 13.9. The zero-order valence-electron chi connectivity index (χ0n) is 13.9. The summed E-state index contributed by atoms with van der Waals surface area (Å²) in [5.74, 6) is 0. The Morgan fingerprint density at radius 3 is 1.29 bits per heavy atom. The summed E-state index contributed by atoms with van der Waals surface area (Å²) >= 11 is 0. The molecule has 0 amide bonds. The molecule has 0 bridgehead atoms. The summed E-state index contributed by atoms with van der Waals surface area (Å²) in [4.78, 5) is 2.46. The van der Waals surface area contributed by atoms with Crippen LogP contribution in [0.2, 0.25) is 0 Å². The average Bonchev–Trinajstić information content (AvgIpc) is 1.95. The van der Waals surface area contributed by atoms with Crippen LogP contribution in [-0.4, -0.2) is 34.1 Å². The molecule has 0 heterocycles. The number of hydrogen-bond donors (Lipinski definition) is 1. The third-order valence-electron chi connectivity index (χ3n) is 4.06. The Kier molecular flexibility index (Phi) is 4.52. The van der Waals surface area contributed by atoms with Crippen LogP contribution in [0.15, 0.2) is 0 Å². The van der Waals surface area contributed by atoms with Crippen molar-refractivity contribution in [3.8, 4) is 0 Å². The predicted molar refractivity (Wildman–Crippen MR) is 78.6 cm³/mol. The van der Waals surface area contributed by atoms with Gasteiger partial charge in [0.05, 0.1) is 0 Å². The van der Waals surface area contributed by atoms with E-state index in [0.29, 0.717) is 0 Å². The maximum absolute atomic E-state index is 3.75. The minimum atomic E-state index is 0.0350. The van der Waals surface area contributed by atoms with E-state index in [1.54, 1.807) is 0 Å². The predicted octanol–water partition coefficient (Wildman–Crippen LogP) is 3.66. The Hall–Kier alpha value is -0.0800. The van der Waals surface area contributed by atoms with Crippen molar-refractivity contribution in [2.24, 2.45) is 0 Å². The monoisotopic (exact) mass is 242 g/mol. The minimum Gasteiger partial charge on any atom is -0.305 e. The van der Waals surface area contributed by atoms with Crippen molar-refractivity contribution >= 4 is 0 Å². The number of rotatable bonds is 3. The van der Waals surface area contributed by atoms with Gasteiger partial charge in [0.25, 0.3) is 0 Å². The molecule has 0 aromatic carbocycles. The molecule has 0 aromatic rings. The molecule has 2 heteroatoms. The Morgan fingerprint density at radius 1 is 0.706 bits per heavy atom. The molecule has 17 heavy (non-hydrogen) atoms. The topological polar surface area (TPSA) is 15.3 Å². The van der Waals surface area contributed by atoms with Crippen molar-refractivity contribution in [1.29, 1.82) is 0 Å². The first-order valence-corrected chi connectivity index (χ1v) is 6.64. The molecule has 0 spiro atoms. The van der Waals surface area contributed by atoms with Crippen molar-refractivity contribution in [2.45, 2.75) is 91.4 Å². The molecule has 0 rings (SSSR count). The largest absolute Gasteiger partial charge is 0.305 e. The fourth-order valence-electron chi connectivity index (χ4n) is 2.35. The number of nitrogens with one attached hydrogen (secondary N) is 1. The molecule has 0 aliphatic carbocycles. The number of nitrogens with zero attached hydrogens (tertiary/aromatic N) is 1. The Labute approximate surface area is 109 Å². The van der Waals surface area contributed by atoms with Crippen LogP contribution in [0.3, 0.4) is 0 Å².